The largest absolute Gasteiger partial charge is 0.479 e. The van der Waals surface area contributed by atoms with Gasteiger partial charge in [0.05, 0.1) is 17.4 Å². The van der Waals surface area contributed by atoms with E-state index in [4.69, 9.17) is 10.2 Å². The normalized spacial score (nSPS) is 11.6. The maximum Gasteiger partial charge on any atom is 0.332 e. The van der Waals surface area contributed by atoms with Crippen LogP contribution in [-0.4, -0.2) is 32.3 Å². The molecule has 1 atom stereocenters. The number of para-hydroxylation sites is 2. The van der Waals surface area contributed by atoms with Gasteiger partial charge < -0.3 is 15.2 Å². The van der Waals surface area contributed by atoms with Crippen molar-refractivity contribution in [2.24, 2.45) is 0 Å². The monoisotopic (exact) mass is 208 g/mol. The Labute approximate surface area is 86.4 Å². The highest BCUT2D eigenvalue weighted by Crippen LogP contribution is 2.05. The number of aliphatic hydroxyl groups is 1. The average Bonchev–Trinajstić information content (AvgIpc) is 2.66. The van der Waals surface area contributed by atoms with Gasteiger partial charge in [0, 0.05) is 0 Å². The van der Waals surface area contributed by atoms with Gasteiger partial charge in [0.2, 0.25) is 0 Å². The number of aromatic nitrogens is 2. The Kier molecular flexibility index (Phi) is 3.82. The molecular formula is C10H12N2O3. The summed E-state index contributed by atoms with van der Waals surface area (Å²) in [5, 5.41) is 15.8. The van der Waals surface area contributed by atoms with Gasteiger partial charge in [-0.3, -0.25) is 0 Å². The lowest BCUT2D eigenvalue weighted by Gasteiger charge is -1.89. The van der Waals surface area contributed by atoms with Crippen LogP contribution in [0.5, 0.6) is 0 Å². The predicted molar refractivity (Wildman–Crippen MR) is 55.4 cm³/mol. The van der Waals surface area contributed by atoms with Crippen LogP contribution in [0.25, 0.3) is 11.0 Å². The maximum absolute atomic E-state index is 9.45. The van der Waals surface area contributed by atoms with Crippen LogP contribution in [0.2, 0.25) is 0 Å². The number of carbonyl (C=O) groups is 1. The van der Waals surface area contributed by atoms with Crippen LogP contribution in [0.1, 0.15) is 6.92 Å². The van der Waals surface area contributed by atoms with E-state index in [1.54, 1.807) is 6.33 Å². The van der Waals surface area contributed by atoms with E-state index in [1.807, 2.05) is 24.3 Å². The fourth-order valence-corrected chi connectivity index (χ4v) is 0.880. The molecule has 1 heterocycles. The number of hydrogen-bond acceptors (Lipinski definition) is 3. The Morgan fingerprint density at radius 3 is 2.60 bits per heavy atom. The number of imidazole rings is 1. The summed E-state index contributed by atoms with van der Waals surface area (Å²) in [5.41, 5.74) is 2.12. The van der Waals surface area contributed by atoms with E-state index in [2.05, 4.69) is 9.97 Å². The molecule has 0 aliphatic heterocycles. The highest BCUT2D eigenvalue weighted by molar-refractivity contribution is 5.73. The first-order valence-electron chi connectivity index (χ1n) is 4.40. The summed E-state index contributed by atoms with van der Waals surface area (Å²) in [6.07, 6.45) is 0.468. The van der Waals surface area contributed by atoms with Crippen LogP contribution in [-0.2, 0) is 4.79 Å². The molecule has 15 heavy (non-hydrogen) atoms. The van der Waals surface area contributed by atoms with E-state index >= 15 is 0 Å². The number of hydrogen-bond donors (Lipinski definition) is 3. The Morgan fingerprint density at radius 1 is 1.47 bits per heavy atom. The molecule has 0 radical (unpaired) electrons. The predicted octanol–water partition coefficient (Wildman–Crippen LogP) is 1.01. The van der Waals surface area contributed by atoms with Gasteiger partial charge in [-0.25, -0.2) is 9.78 Å². The van der Waals surface area contributed by atoms with Crippen LogP contribution >= 0.6 is 0 Å². The number of benzene rings is 1. The second-order valence-corrected chi connectivity index (χ2v) is 2.93. The van der Waals surface area contributed by atoms with Crippen molar-refractivity contribution in [2.75, 3.05) is 0 Å². The van der Waals surface area contributed by atoms with Gasteiger partial charge >= 0.3 is 5.97 Å². The molecule has 0 aliphatic carbocycles. The molecule has 0 bridgehead atoms. The minimum atomic E-state index is -1.23. The quantitative estimate of drug-likeness (QED) is 0.653. The second-order valence-electron chi connectivity index (χ2n) is 2.93. The Balaban J connectivity index is 0.000000167. The lowest BCUT2D eigenvalue weighted by Crippen LogP contribution is -2.13. The molecule has 2 rings (SSSR count). The molecule has 5 heteroatoms. The van der Waals surface area contributed by atoms with Gasteiger partial charge in [-0.05, 0) is 19.1 Å². The topological polar surface area (TPSA) is 86.2 Å². The summed E-state index contributed by atoms with van der Waals surface area (Å²) in [6.45, 7) is 1.20. The number of aromatic amines is 1. The molecule has 1 unspecified atom stereocenters. The van der Waals surface area contributed by atoms with E-state index in [-0.39, 0.29) is 0 Å². The van der Waals surface area contributed by atoms with Gasteiger partial charge in [0.25, 0.3) is 0 Å². The molecule has 0 saturated heterocycles. The molecule has 3 N–H and O–H groups in total. The van der Waals surface area contributed by atoms with Crippen LogP contribution in [0.3, 0.4) is 0 Å². The van der Waals surface area contributed by atoms with E-state index in [0.717, 1.165) is 11.0 Å². The third-order valence-electron chi connectivity index (χ3n) is 1.69. The van der Waals surface area contributed by atoms with Crippen LogP contribution in [0.15, 0.2) is 30.6 Å². The minimum absolute atomic E-state index is 1.03. The van der Waals surface area contributed by atoms with Crippen molar-refractivity contribution in [1.29, 1.82) is 0 Å². The van der Waals surface area contributed by atoms with Gasteiger partial charge in [-0.15, -0.1) is 0 Å². The molecule has 0 amide bonds. The number of rotatable bonds is 1. The molecule has 2 aromatic rings. The molecular weight excluding hydrogens is 196 g/mol. The van der Waals surface area contributed by atoms with Crippen LogP contribution in [0.4, 0.5) is 0 Å². The van der Waals surface area contributed by atoms with Crippen LogP contribution < -0.4 is 0 Å². The van der Waals surface area contributed by atoms with E-state index in [0.29, 0.717) is 0 Å². The van der Waals surface area contributed by atoms with Gasteiger partial charge in [-0.1, -0.05) is 12.1 Å². The summed E-state index contributed by atoms with van der Waals surface area (Å²) < 4.78 is 0. The molecule has 0 aliphatic rings. The Hall–Kier alpha value is -1.88. The summed E-state index contributed by atoms with van der Waals surface area (Å²) in [4.78, 5) is 16.5. The summed E-state index contributed by atoms with van der Waals surface area (Å²) in [5.74, 6) is -1.19. The first kappa shape index (κ1) is 11.2. The zero-order valence-electron chi connectivity index (χ0n) is 8.21. The third-order valence-corrected chi connectivity index (χ3v) is 1.69. The van der Waals surface area contributed by atoms with Gasteiger partial charge in [0.15, 0.2) is 0 Å². The second kappa shape index (κ2) is 5.11. The van der Waals surface area contributed by atoms with Crippen molar-refractivity contribution in [1.82, 2.24) is 9.97 Å². The molecule has 0 saturated carbocycles. The summed E-state index contributed by atoms with van der Waals surface area (Å²) in [7, 11) is 0. The van der Waals surface area contributed by atoms with E-state index in [1.165, 1.54) is 6.92 Å². The van der Waals surface area contributed by atoms with Crippen molar-refractivity contribution in [3.05, 3.63) is 30.6 Å². The molecule has 0 fully saturated rings. The minimum Gasteiger partial charge on any atom is -0.479 e. The average molecular weight is 208 g/mol. The zero-order chi connectivity index (χ0) is 11.3. The zero-order valence-corrected chi connectivity index (χ0v) is 8.21. The Bertz CT molecular complexity index is 407. The summed E-state index contributed by atoms with van der Waals surface area (Å²) >= 11 is 0. The third kappa shape index (κ3) is 3.40. The first-order chi connectivity index (χ1) is 7.11. The van der Waals surface area contributed by atoms with Crippen molar-refractivity contribution in [2.45, 2.75) is 13.0 Å². The number of aliphatic carboxylic acids is 1. The molecule has 1 aromatic carbocycles. The van der Waals surface area contributed by atoms with Crippen LogP contribution in [0, 0.1) is 0 Å². The lowest BCUT2D eigenvalue weighted by atomic mass is 10.3. The van der Waals surface area contributed by atoms with Crippen molar-refractivity contribution in [3.8, 4) is 0 Å². The number of carboxylic acid groups (broad SMARTS) is 1. The SMILES string of the molecule is CC(O)C(=O)O.c1ccc2[nH]cnc2c1. The highest BCUT2D eigenvalue weighted by Gasteiger charge is 2.01. The standard InChI is InChI=1S/C7H6N2.C3H6O3/c1-2-4-7-6(3-1)8-5-9-7;1-2(4)3(5)6/h1-5H,(H,8,9);2,4H,1H3,(H,5,6). The van der Waals surface area contributed by atoms with Gasteiger partial charge in [0.1, 0.15) is 6.10 Å². The fourth-order valence-electron chi connectivity index (χ4n) is 0.880. The number of nitrogens with one attached hydrogen (secondary N) is 1. The molecule has 5 nitrogen and oxygen atoms in total. The van der Waals surface area contributed by atoms with Crippen molar-refractivity contribution >= 4 is 17.0 Å². The smallest absolute Gasteiger partial charge is 0.332 e. The van der Waals surface area contributed by atoms with E-state index < -0.39 is 12.1 Å². The van der Waals surface area contributed by atoms with Crippen molar-refractivity contribution < 1.29 is 15.0 Å². The summed E-state index contributed by atoms with van der Waals surface area (Å²) in [6, 6.07) is 7.94. The number of aliphatic hydroxyl groups excluding tert-OH is 1. The lowest BCUT2D eigenvalue weighted by molar-refractivity contribution is -0.145. The van der Waals surface area contributed by atoms with E-state index in [9.17, 15) is 4.79 Å². The molecule has 0 spiro atoms. The maximum atomic E-state index is 9.45. The number of nitrogens with zero attached hydrogens (tertiary/aromatic N) is 1. The molecule has 1 aromatic heterocycles. The fraction of sp³-hybridized carbons (Fsp3) is 0.200. The Morgan fingerprint density at radius 2 is 2.07 bits per heavy atom. The molecule has 80 valence electrons. The highest BCUT2D eigenvalue weighted by atomic mass is 16.4. The number of H-pyrrole nitrogens is 1. The van der Waals surface area contributed by atoms with Gasteiger partial charge in [-0.2, -0.15) is 0 Å². The first-order valence-corrected chi connectivity index (χ1v) is 4.40. The van der Waals surface area contributed by atoms with Crippen molar-refractivity contribution in [3.63, 3.8) is 0 Å². The number of carboxylic acids is 1. The number of fused-ring (bicyclic) bond motifs is 1.